The summed E-state index contributed by atoms with van der Waals surface area (Å²) < 4.78 is 0. The summed E-state index contributed by atoms with van der Waals surface area (Å²) in [7, 11) is 0. The Morgan fingerprint density at radius 1 is 1.14 bits per heavy atom. The summed E-state index contributed by atoms with van der Waals surface area (Å²) in [6.07, 6.45) is 0. The monoisotopic (exact) mass is 191 g/mol. The highest BCUT2D eigenvalue weighted by molar-refractivity contribution is 6.14. The van der Waals surface area contributed by atoms with Crippen LogP contribution < -0.4 is 16.4 Å². The van der Waals surface area contributed by atoms with Crippen LogP contribution in [0.3, 0.4) is 0 Å². The van der Waals surface area contributed by atoms with Crippen molar-refractivity contribution in [1.82, 2.24) is 0 Å². The van der Waals surface area contributed by atoms with E-state index in [1.807, 2.05) is 19.1 Å². The zero-order valence-electron chi connectivity index (χ0n) is 7.91. The van der Waals surface area contributed by atoms with Crippen molar-refractivity contribution in [3.05, 3.63) is 29.8 Å². The number of nitrogens with two attached hydrogens (primary N) is 2. The van der Waals surface area contributed by atoms with E-state index < -0.39 is 0 Å². The summed E-state index contributed by atoms with van der Waals surface area (Å²) in [6.45, 7) is 1.87. The minimum absolute atomic E-state index is 0.258. The Kier molecular flexibility index (Phi) is 2.71. The van der Waals surface area contributed by atoms with E-state index in [1.54, 1.807) is 12.1 Å². The Balaban J connectivity index is 3.18. The predicted octanol–water partition coefficient (Wildman–Crippen LogP) is 0.588. The number of benzene rings is 1. The summed E-state index contributed by atoms with van der Waals surface area (Å²) in [4.78, 5) is 1.18. The predicted molar refractivity (Wildman–Crippen MR) is 57.5 cm³/mol. The molecule has 0 spiro atoms. The molecule has 0 saturated carbocycles. The molecule has 0 atom stereocenters. The first kappa shape index (κ1) is 10.0. The van der Waals surface area contributed by atoms with Crippen molar-refractivity contribution >= 4 is 17.6 Å². The van der Waals surface area contributed by atoms with Gasteiger partial charge in [-0.1, -0.05) is 18.2 Å². The highest BCUT2D eigenvalue weighted by atomic mass is 15.3. The summed E-state index contributed by atoms with van der Waals surface area (Å²) in [5.74, 6) is -0.515. The molecule has 1 aromatic carbocycles. The minimum atomic E-state index is -0.258. The summed E-state index contributed by atoms with van der Waals surface area (Å²) in [5, 5.41) is 14.6. The van der Waals surface area contributed by atoms with Crippen LogP contribution in [0.25, 0.3) is 0 Å². The maximum atomic E-state index is 7.30. The van der Waals surface area contributed by atoms with Gasteiger partial charge in [-0.3, -0.25) is 15.7 Å². The number of hydrogen-bond acceptors (Lipinski definition) is 2. The molecule has 14 heavy (non-hydrogen) atoms. The average molecular weight is 191 g/mol. The van der Waals surface area contributed by atoms with Gasteiger partial charge in [0.2, 0.25) is 0 Å². The maximum absolute atomic E-state index is 7.30. The average Bonchev–Trinajstić information content (AvgIpc) is 2.07. The number of guanidine groups is 2. The Bertz CT molecular complexity index is 357. The van der Waals surface area contributed by atoms with Gasteiger partial charge in [0.05, 0.1) is 5.69 Å². The van der Waals surface area contributed by atoms with Gasteiger partial charge in [-0.2, -0.15) is 0 Å². The second-order valence-electron chi connectivity index (χ2n) is 2.89. The van der Waals surface area contributed by atoms with Gasteiger partial charge >= 0.3 is 0 Å². The summed E-state index contributed by atoms with van der Waals surface area (Å²) in [6, 6.07) is 7.31. The molecule has 0 aliphatic rings. The quantitative estimate of drug-likeness (QED) is 0.385. The van der Waals surface area contributed by atoms with Gasteiger partial charge < -0.3 is 11.5 Å². The second kappa shape index (κ2) is 3.78. The van der Waals surface area contributed by atoms with Crippen LogP contribution >= 0.6 is 0 Å². The highest BCUT2D eigenvalue weighted by Gasteiger charge is 2.13. The molecule has 5 heteroatoms. The van der Waals surface area contributed by atoms with E-state index in [2.05, 4.69) is 0 Å². The Labute approximate surface area is 82.3 Å². The number of nitrogens with one attached hydrogen (secondary N) is 2. The third-order valence-corrected chi connectivity index (χ3v) is 1.84. The molecule has 0 unspecified atom stereocenters. The van der Waals surface area contributed by atoms with Crippen LogP contribution in [0.1, 0.15) is 5.56 Å². The fourth-order valence-corrected chi connectivity index (χ4v) is 1.20. The van der Waals surface area contributed by atoms with Crippen LogP contribution in [0, 0.1) is 17.7 Å². The summed E-state index contributed by atoms with van der Waals surface area (Å²) in [5.41, 5.74) is 12.2. The first-order valence-corrected chi connectivity index (χ1v) is 4.08. The molecular weight excluding hydrogens is 178 g/mol. The molecule has 1 aromatic rings. The van der Waals surface area contributed by atoms with E-state index in [9.17, 15) is 0 Å². The van der Waals surface area contributed by atoms with Crippen LogP contribution in [-0.4, -0.2) is 11.9 Å². The van der Waals surface area contributed by atoms with Crippen molar-refractivity contribution in [2.24, 2.45) is 11.5 Å². The molecule has 0 aliphatic carbocycles. The molecule has 6 N–H and O–H groups in total. The first-order valence-electron chi connectivity index (χ1n) is 4.08. The zero-order chi connectivity index (χ0) is 10.7. The molecule has 0 heterocycles. The van der Waals surface area contributed by atoms with Crippen LogP contribution in [0.5, 0.6) is 0 Å². The van der Waals surface area contributed by atoms with Gasteiger partial charge in [-0.05, 0) is 18.6 Å². The molecule has 0 amide bonds. The lowest BCUT2D eigenvalue weighted by Crippen LogP contribution is -2.45. The zero-order valence-corrected chi connectivity index (χ0v) is 7.91. The topological polar surface area (TPSA) is 103 Å². The fourth-order valence-electron chi connectivity index (χ4n) is 1.20. The molecule has 5 nitrogen and oxygen atoms in total. The number of para-hydroxylation sites is 1. The Hall–Kier alpha value is -2.04. The number of rotatable bonds is 1. The fraction of sp³-hybridized carbons (Fsp3) is 0.111. The largest absolute Gasteiger partial charge is 0.369 e. The smallest absolute Gasteiger partial charge is 0.200 e. The normalized spacial score (nSPS) is 9.50. The number of nitrogens with zero attached hydrogens (tertiary/aromatic N) is 1. The second-order valence-corrected chi connectivity index (χ2v) is 2.89. The standard InChI is InChI=1S/C9H13N5/c1-6-4-2-3-5-7(6)14(8(10)11)9(12)13/h2-5H,1H3,(H3,10,11)(H3,12,13). The molecule has 74 valence electrons. The molecule has 0 radical (unpaired) electrons. The Morgan fingerprint density at radius 2 is 1.64 bits per heavy atom. The molecule has 1 rings (SSSR count). The SMILES string of the molecule is Cc1ccccc1N(C(=N)N)C(=N)N. The van der Waals surface area contributed by atoms with Gasteiger partial charge in [-0.25, -0.2) is 0 Å². The van der Waals surface area contributed by atoms with E-state index in [0.717, 1.165) is 5.56 Å². The molecule has 0 aromatic heterocycles. The van der Waals surface area contributed by atoms with E-state index in [0.29, 0.717) is 5.69 Å². The first-order chi connectivity index (χ1) is 6.54. The van der Waals surface area contributed by atoms with Crippen molar-refractivity contribution in [2.45, 2.75) is 6.92 Å². The van der Waals surface area contributed by atoms with Crippen molar-refractivity contribution in [3.63, 3.8) is 0 Å². The van der Waals surface area contributed by atoms with Gasteiger partial charge in [-0.15, -0.1) is 0 Å². The van der Waals surface area contributed by atoms with E-state index >= 15 is 0 Å². The van der Waals surface area contributed by atoms with Crippen LogP contribution in [0.15, 0.2) is 24.3 Å². The molecular formula is C9H13N5. The van der Waals surface area contributed by atoms with Gasteiger partial charge in [0.25, 0.3) is 0 Å². The van der Waals surface area contributed by atoms with E-state index in [-0.39, 0.29) is 11.9 Å². The van der Waals surface area contributed by atoms with Crippen LogP contribution in [0.4, 0.5) is 5.69 Å². The minimum Gasteiger partial charge on any atom is -0.369 e. The van der Waals surface area contributed by atoms with Crippen molar-refractivity contribution in [1.29, 1.82) is 10.8 Å². The molecule has 0 aliphatic heterocycles. The third kappa shape index (κ3) is 1.82. The van der Waals surface area contributed by atoms with Gasteiger partial charge in [0.1, 0.15) is 0 Å². The van der Waals surface area contributed by atoms with Gasteiger partial charge in [0, 0.05) is 0 Å². The lowest BCUT2D eigenvalue weighted by molar-refractivity contribution is 1.22. The summed E-state index contributed by atoms with van der Waals surface area (Å²) >= 11 is 0. The number of aryl methyl sites for hydroxylation is 1. The van der Waals surface area contributed by atoms with E-state index in [1.165, 1.54) is 4.90 Å². The lowest BCUT2D eigenvalue weighted by Gasteiger charge is -2.21. The Morgan fingerprint density at radius 3 is 2.07 bits per heavy atom. The number of anilines is 1. The highest BCUT2D eigenvalue weighted by Crippen LogP contribution is 2.18. The van der Waals surface area contributed by atoms with Crippen molar-refractivity contribution in [3.8, 4) is 0 Å². The van der Waals surface area contributed by atoms with Crippen molar-refractivity contribution in [2.75, 3.05) is 4.90 Å². The van der Waals surface area contributed by atoms with Crippen LogP contribution in [-0.2, 0) is 0 Å². The van der Waals surface area contributed by atoms with E-state index in [4.69, 9.17) is 22.3 Å². The number of hydrogen-bond donors (Lipinski definition) is 4. The third-order valence-electron chi connectivity index (χ3n) is 1.84. The maximum Gasteiger partial charge on any atom is 0.200 e. The molecule has 0 saturated heterocycles. The van der Waals surface area contributed by atoms with Crippen molar-refractivity contribution < 1.29 is 0 Å². The van der Waals surface area contributed by atoms with Gasteiger partial charge in [0.15, 0.2) is 11.9 Å². The lowest BCUT2D eigenvalue weighted by atomic mass is 10.2. The molecule has 0 bridgehead atoms. The van der Waals surface area contributed by atoms with Crippen LogP contribution in [0.2, 0.25) is 0 Å². The molecule has 0 fully saturated rings.